The number of guanidine groups is 1. The number of nitrogens with zero attached hydrogens (tertiary/aromatic N) is 1. The highest BCUT2D eigenvalue weighted by Crippen LogP contribution is 2.06. The summed E-state index contributed by atoms with van der Waals surface area (Å²) in [6, 6.07) is 5.71. The number of rotatable bonds is 13. The zero-order valence-corrected chi connectivity index (χ0v) is 17.9. The first-order chi connectivity index (χ1) is 15.1. The van der Waals surface area contributed by atoms with Crippen molar-refractivity contribution in [3.05, 3.63) is 35.9 Å². The van der Waals surface area contributed by atoms with Crippen LogP contribution in [0.15, 0.2) is 35.3 Å². The third-order valence-electron chi connectivity index (χ3n) is 4.43. The first-order valence-corrected chi connectivity index (χ1v) is 10.1. The van der Waals surface area contributed by atoms with Crippen molar-refractivity contribution < 1.29 is 24.3 Å². The third-order valence-corrected chi connectivity index (χ3v) is 4.43. The molecule has 0 spiro atoms. The molecule has 3 atom stereocenters. The number of aliphatic imine (C=N–C) groups is 1. The molecule has 0 aromatic heterocycles. The smallest absolute Gasteiger partial charge is 0.326 e. The van der Waals surface area contributed by atoms with Crippen LogP contribution in [-0.4, -0.2) is 66.0 Å². The lowest BCUT2D eigenvalue weighted by Gasteiger charge is -2.23. The van der Waals surface area contributed by atoms with Crippen molar-refractivity contribution in [2.45, 2.75) is 44.3 Å². The van der Waals surface area contributed by atoms with Gasteiger partial charge in [0.25, 0.3) is 0 Å². The summed E-state index contributed by atoms with van der Waals surface area (Å²) in [6.07, 6.45) is 0.538. The van der Waals surface area contributed by atoms with E-state index in [0.29, 0.717) is 6.42 Å². The lowest BCUT2D eigenvalue weighted by molar-refractivity contribution is -0.142. The fraction of sp³-hybridized carbons (Fsp3) is 0.450. The number of carbonyl (C=O) groups excluding carboxylic acids is 3. The SMILES string of the molecule is CC(NC(=O)CN)C(=O)NC(Cc1ccccc1)C(=O)NC(CCCN=C(N)N)C(=O)O. The highest BCUT2D eigenvalue weighted by Gasteiger charge is 2.28. The van der Waals surface area contributed by atoms with Gasteiger partial charge in [-0.3, -0.25) is 19.4 Å². The Morgan fingerprint density at radius 2 is 1.62 bits per heavy atom. The van der Waals surface area contributed by atoms with Gasteiger partial charge in [-0.1, -0.05) is 30.3 Å². The molecule has 3 amide bonds. The summed E-state index contributed by atoms with van der Waals surface area (Å²) in [5.74, 6) is -3.14. The first-order valence-electron chi connectivity index (χ1n) is 10.1. The maximum absolute atomic E-state index is 12.9. The summed E-state index contributed by atoms with van der Waals surface area (Å²) in [6.45, 7) is 1.38. The van der Waals surface area contributed by atoms with E-state index in [9.17, 15) is 24.3 Å². The molecule has 0 bridgehead atoms. The second kappa shape index (κ2) is 13.6. The van der Waals surface area contributed by atoms with E-state index in [2.05, 4.69) is 20.9 Å². The van der Waals surface area contributed by atoms with Crippen LogP contribution in [0.4, 0.5) is 0 Å². The molecule has 10 N–H and O–H groups in total. The number of nitrogens with one attached hydrogen (secondary N) is 3. The number of carboxylic acid groups (broad SMARTS) is 1. The molecule has 1 aromatic carbocycles. The highest BCUT2D eigenvalue weighted by molar-refractivity contribution is 5.93. The number of aliphatic carboxylic acids is 1. The second-order valence-electron chi connectivity index (χ2n) is 7.09. The van der Waals surface area contributed by atoms with E-state index in [1.807, 2.05) is 0 Å². The molecule has 0 aliphatic carbocycles. The van der Waals surface area contributed by atoms with E-state index in [1.165, 1.54) is 6.92 Å². The van der Waals surface area contributed by atoms with Crippen molar-refractivity contribution in [3.63, 3.8) is 0 Å². The Morgan fingerprint density at radius 1 is 1.00 bits per heavy atom. The van der Waals surface area contributed by atoms with Gasteiger partial charge < -0.3 is 38.3 Å². The number of nitrogens with two attached hydrogens (primary N) is 3. The van der Waals surface area contributed by atoms with Crippen LogP contribution in [0.5, 0.6) is 0 Å². The molecule has 0 aliphatic heterocycles. The molecule has 0 saturated carbocycles. The van der Waals surface area contributed by atoms with Crippen LogP contribution in [-0.2, 0) is 25.6 Å². The average Bonchev–Trinajstić information content (AvgIpc) is 2.75. The van der Waals surface area contributed by atoms with Gasteiger partial charge in [0.1, 0.15) is 18.1 Å². The highest BCUT2D eigenvalue weighted by atomic mass is 16.4. The minimum Gasteiger partial charge on any atom is -0.480 e. The van der Waals surface area contributed by atoms with Gasteiger partial charge in [0.2, 0.25) is 17.7 Å². The van der Waals surface area contributed by atoms with Gasteiger partial charge in [-0.15, -0.1) is 0 Å². The minimum absolute atomic E-state index is 0.0901. The lowest BCUT2D eigenvalue weighted by Crippen LogP contribution is -2.56. The number of hydrogen-bond acceptors (Lipinski definition) is 6. The maximum Gasteiger partial charge on any atom is 0.326 e. The number of carbonyl (C=O) groups is 4. The number of benzene rings is 1. The molecular weight excluding hydrogens is 418 g/mol. The second-order valence-corrected chi connectivity index (χ2v) is 7.09. The van der Waals surface area contributed by atoms with Gasteiger partial charge in [0.05, 0.1) is 6.54 Å². The Bertz CT molecular complexity index is 812. The van der Waals surface area contributed by atoms with Gasteiger partial charge in [-0.05, 0) is 25.3 Å². The van der Waals surface area contributed by atoms with Crippen LogP contribution < -0.4 is 33.2 Å². The fourth-order valence-electron chi connectivity index (χ4n) is 2.76. The van der Waals surface area contributed by atoms with E-state index in [0.717, 1.165) is 5.56 Å². The maximum atomic E-state index is 12.9. The van der Waals surface area contributed by atoms with Crippen LogP contribution in [0.3, 0.4) is 0 Å². The quantitative estimate of drug-likeness (QED) is 0.0993. The molecule has 0 heterocycles. The Hall–Kier alpha value is -3.67. The first kappa shape index (κ1) is 26.4. The molecule has 3 unspecified atom stereocenters. The summed E-state index contributed by atoms with van der Waals surface area (Å²) in [5.41, 5.74) is 16.5. The molecule has 12 heteroatoms. The van der Waals surface area contributed by atoms with Crippen molar-refractivity contribution in [2.24, 2.45) is 22.2 Å². The molecular formula is C20H31N7O5. The molecule has 1 rings (SSSR count). The van der Waals surface area contributed by atoms with Crippen molar-refractivity contribution in [1.29, 1.82) is 0 Å². The van der Waals surface area contributed by atoms with Crippen LogP contribution >= 0.6 is 0 Å². The van der Waals surface area contributed by atoms with Gasteiger partial charge in [-0.25, -0.2) is 4.79 Å². The summed E-state index contributed by atoms with van der Waals surface area (Å²) in [4.78, 5) is 52.2. The van der Waals surface area contributed by atoms with Crippen molar-refractivity contribution >= 4 is 29.7 Å². The summed E-state index contributed by atoms with van der Waals surface area (Å²) in [5, 5.41) is 16.9. The molecule has 0 radical (unpaired) electrons. The van der Waals surface area contributed by atoms with Crippen LogP contribution in [0.2, 0.25) is 0 Å². The minimum atomic E-state index is -1.23. The topological polar surface area (TPSA) is 215 Å². The Kier molecular flexibility index (Phi) is 11.2. The van der Waals surface area contributed by atoms with Gasteiger partial charge in [-0.2, -0.15) is 0 Å². The van der Waals surface area contributed by atoms with E-state index >= 15 is 0 Å². The summed E-state index contributed by atoms with van der Waals surface area (Å²) >= 11 is 0. The van der Waals surface area contributed by atoms with Crippen molar-refractivity contribution in [1.82, 2.24) is 16.0 Å². The molecule has 176 valence electrons. The van der Waals surface area contributed by atoms with Crippen molar-refractivity contribution in [2.75, 3.05) is 13.1 Å². The molecule has 0 saturated heterocycles. The Labute approximate surface area is 186 Å². The standard InChI is InChI=1S/C20H31N7O5/c1-12(25-16(28)11-21)17(29)27-15(10-13-6-3-2-4-7-13)18(30)26-14(19(31)32)8-5-9-24-20(22)23/h2-4,6-7,12,14-15H,5,8-11,21H2,1H3,(H,25,28)(H,26,30)(H,27,29)(H,31,32)(H4,22,23,24). The molecule has 0 fully saturated rings. The van der Waals surface area contributed by atoms with Crippen LogP contribution in [0.25, 0.3) is 0 Å². The van der Waals surface area contributed by atoms with Gasteiger partial charge in [0, 0.05) is 13.0 Å². The molecule has 32 heavy (non-hydrogen) atoms. The largest absolute Gasteiger partial charge is 0.480 e. The number of hydrogen-bond donors (Lipinski definition) is 7. The summed E-state index contributed by atoms with van der Waals surface area (Å²) < 4.78 is 0. The van der Waals surface area contributed by atoms with E-state index in [-0.39, 0.29) is 31.9 Å². The molecule has 0 aliphatic rings. The number of carboxylic acids is 1. The normalized spacial score (nSPS) is 13.2. The van der Waals surface area contributed by atoms with Crippen LogP contribution in [0, 0.1) is 0 Å². The average molecular weight is 450 g/mol. The van der Waals surface area contributed by atoms with Crippen LogP contribution in [0.1, 0.15) is 25.3 Å². The molecule has 12 nitrogen and oxygen atoms in total. The predicted octanol–water partition coefficient (Wildman–Crippen LogP) is -2.20. The Balaban J connectivity index is 2.90. The van der Waals surface area contributed by atoms with E-state index in [1.54, 1.807) is 30.3 Å². The van der Waals surface area contributed by atoms with E-state index < -0.39 is 41.8 Å². The van der Waals surface area contributed by atoms with Gasteiger partial charge in [0.15, 0.2) is 5.96 Å². The fourth-order valence-corrected chi connectivity index (χ4v) is 2.76. The lowest BCUT2D eigenvalue weighted by atomic mass is 10.0. The monoisotopic (exact) mass is 449 g/mol. The Morgan fingerprint density at radius 3 is 2.19 bits per heavy atom. The third kappa shape index (κ3) is 9.89. The van der Waals surface area contributed by atoms with E-state index in [4.69, 9.17) is 17.2 Å². The predicted molar refractivity (Wildman–Crippen MR) is 118 cm³/mol. The zero-order valence-electron chi connectivity index (χ0n) is 17.9. The summed E-state index contributed by atoms with van der Waals surface area (Å²) in [7, 11) is 0. The zero-order chi connectivity index (χ0) is 24.1. The molecule has 1 aromatic rings. The van der Waals surface area contributed by atoms with Gasteiger partial charge >= 0.3 is 5.97 Å². The van der Waals surface area contributed by atoms with Crippen molar-refractivity contribution in [3.8, 4) is 0 Å². The number of amides is 3.